The molecule has 8 nitrogen and oxygen atoms in total. The van der Waals surface area contributed by atoms with Crippen LogP contribution in [0.4, 0.5) is 10.1 Å². The summed E-state index contributed by atoms with van der Waals surface area (Å²) in [4.78, 5) is 29.1. The Labute approximate surface area is 242 Å². The maximum absolute atomic E-state index is 14.9. The van der Waals surface area contributed by atoms with Crippen LogP contribution < -0.4 is 14.4 Å². The number of sulfonamides is 1. The molecule has 3 aromatic rings. The molecular formula is C31H38FN3O5S. The Bertz CT molecular complexity index is 1420. The summed E-state index contributed by atoms with van der Waals surface area (Å²) in [5.74, 6) is -1.31. The Morgan fingerprint density at radius 1 is 0.951 bits per heavy atom. The molecule has 10 heteroatoms. The largest absolute Gasteiger partial charge is 0.492 e. The van der Waals surface area contributed by atoms with Crippen LogP contribution in [0.3, 0.4) is 0 Å². The first-order valence-electron chi connectivity index (χ1n) is 13.6. The van der Waals surface area contributed by atoms with Gasteiger partial charge < -0.3 is 15.0 Å². The topological polar surface area (TPSA) is 96.0 Å². The number of carbonyl (C=O) groups excluding carboxylic acids is 2. The lowest BCUT2D eigenvalue weighted by atomic mass is 10.0. The van der Waals surface area contributed by atoms with E-state index in [1.165, 1.54) is 17.0 Å². The number of amides is 2. The Hall–Kier alpha value is -3.92. The molecule has 1 N–H and O–H groups in total. The fourth-order valence-corrected chi connectivity index (χ4v) is 5.19. The minimum absolute atomic E-state index is 0.151. The fourth-order valence-electron chi connectivity index (χ4n) is 4.34. The van der Waals surface area contributed by atoms with Crippen LogP contribution in [0, 0.1) is 5.82 Å². The molecule has 41 heavy (non-hydrogen) atoms. The molecule has 0 aliphatic carbocycles. The second kappa shape index (κ2) is 14.6. The second-order valence-corrected chi connectivity index (χ2v) is 11.7. The van der Waals surface area contributed by atoms with Gasteiger partial charge in [-0.15, -0.1) is 0 Å². The number of nitrogens with zero attached hydrogens (tertiary/aromatic N) is 2. The number of para-hydroxylation sites is 2. The van der Waals surface area contributed by atoms with Crippen molar-refractivity contribution in [2.24, 2.45) is 0 Å². The smallest absolute Gasteiger partial charge is 0.244 e. The van der Waals surface area contributed by atoms with Crippen molar-refractivity contribution in [2.45, 2.75) is 52.2 Å². The van der Waals surface area contributed by atoms with Gasteiger partial charge in [0.05, 0.1) is 18.6 Å². The molecule has 2 atom stereocenters. The number of hydrogen-bond donors (Lipinski definition) is 1. The third-order valence-corrected chi connectivity index (χ3v) is 7.81. The van der Waals surface area contributed by atoms with E-state index in [1.54, 1.807) is 43.3 Å². The molecule has 0 aliphatic rings. The van der Waals surface area contributed by atoms with Gasteiger partial charge >= 0.3 is 0 Å². The first kappa shape index (κ1) is 31.6. The number of anilines is 1. The van der Waals surface area contributed by atoms with Gasteiger partial charge in [-0.05, 0) is 44.0 Å². The molecule has 0 unspecified atom stereocenters. The molecule has 3 rings (SSSR count). The van der Waals surface area contributed by atoms with Gasteiger partial charge in [-0.1, -0.05) is 67.6 Å². The highest BCUT2D eigenvalue weighted by Crippen LogP contribution is 2.30. The zero-order valence-corrected chi connectivity index (χ0v) is 24.7. The standard InChI is InChI=1S/C31H38FN3O5S/c1-5-23(3)33-31(37)28(20-24-14-8-7-9-15-24)34(21-25-16-10-11-17-26(25)32)30(36)22-35(41(4,38)39)27-18-12-13-19-29(27)40-6-2/h7-19,23,28H,5-6,20-22H2,1-4H3,(H,33,37)/t23-,28+/m1/s1. The average molecular weight is 584 g/mol. The molecule has 0 bridgehead atoms. The van der Waals surface area contributed by atoms with Crippen LogP contribution in [0.1, 0.15) is 38.3 Å². The van der Waals surface area contributed by atoms with Crippen LogP contribution in [0.2, 0.25) is 0 Å². The summed E-state index contributed by atoms with van der Waals surface area (Å²) in [5, 5.41) is 2.95. The summed E-state index contributed by atoms with van der Waals surface area (Å²) in [6.07, 6.45) is 1.82. The Morgan fingerprint density at radius 2 is 1.59 bits per heavy atom. The second-order valence-electron chi connectivity index (χ2n) is 9.81. The van der Waals surface area contributed by atoms with Gasteiger partial charge in [0.2, 0.25) is 21.8 Å². The monoisotopic (exact) mass is 583 g/mol. The number of rotatable bonds is 14. The van der Waals surface area contributed by atoms with E-state index >= 15 is 0 Å². The first-order valence-corrected chi connectivity index (χ1v) is 15.5. The van der Waals surface area contributed by atoms with E-state index in [9.17, 15) is 22.4 Å². The molecule has 0 radical (unpaired) electrons. The fraction of sp³-hybridized carbons (Fsp3) is 0.355. The van der Waals surface area contributed by atoms with Crippen molar-refractivity contribution < 1.29 is 27.1 Å². The van der Waals surface area contributed by atoms with Crippen LogP contribution >= 0.6 is 0 Å². The molecule has 220 valence electrons. The molecule has 0 heterocycles. The van der Waals surface area contributed by atoms with E-state index in [-0.39, 0.29) is 36.9 Å². The van der Waals surface area contributed by atoms with Gasteiger partial charge in [0.25, 0.3) is 0 Å². The summed E-state index contributed by atoms with van der Waals surface area (Å²) in [6, 6.07) is 20.5. The van der Waals surface area contributed by atoms with Gasteiger partial charge in [-0.2, -0.15) is 0 Å². The first-order chi connectivity index (χ1) is 19.5. The minimum atomic E-state index is -3.96. The summed E-state index contributed by atoms with van der Waals surface area (Å²) >= 11 is 0. The van der Waals surface area contributed by atoms with E-state index < -0.39 is 40.2 Å². The lowest BCUT2D eigenvalue weighted by molar-refractivity contribution is -0.140. The molecule has 0 fully saturated rings. The van der Waals surface area contributed by atoms with Gasteiger partial charge in [-0.3, -0.25) is 13.9 Å². The molecule has 3 aromatic carbocycles. The molecule has 2 amide bonds. The number of halogens is 1. The highest BCUT2D eigenvalue weighted by atomic mass is 32.2. The normalized spacial score (nSPS) is 12.7. The number of benzene rings is 3. The highest BCUT2D eigenvalue weighted by Gasteiger charge is 2.34. The average Bonchev–Trinajstić information content (AvgIpc) is 2.95. The number of nitrogens with one attached hydrogen (secondary N) is 1. The van der Waals surface area contributed by atoms with E-state index in [0.29, 0.717) is 12.2 Å². The van der Waals surface area contributed by atoms with Gasteiger partial charge in [-0.25, -0.2) is 12.8 Å². The van der Waals surface area contributed by atoms with Crippen LogP contribution in [-0.2, 0) is 32.6 Å². The van der Waals surface area contributed by atoms with Crippen molar-refractivity contribution in [1.82, 2.24) is 10.2 Å². The quantitative estimate of drug-likeness (QED) is 0.301. The summed E-state index contributed by atoms with van der Waals surface area (Å²) < 4.78 is 47.5. The number of hydrogen-bond acceptors (Lipinski definition) is 5. The van der Waals surface area contributed by atoms with Crippen LogP contribution in [-0.4, -0.2) is 56.6 Å². The molecule has 0 saturated heterocycles. The molecular weight excluding hydrogens is 545 g/mol. The van der Waals surface area contributed by atoms with E-state index in [0.717, 1.165) is 16.1 Å². The lowest BCUT2D eigenvalue weighted by Crippen LogP contribution is -2.54. The van der Waals surface area contributed by atoms with Crippen molar-refractivity contribution in [1.29, 1.82) is 0 Å². The van der Waals surface area contributed by atoms with Gasteiger partial charge in [0, 0.05) is 24.6 Å². The summed E-state index contributed by atoms with van der Waals surface area (Å²) in [5.41, 5.74) is 1.19. The third kappa shape index (κ3) is 8.78. The lowest BCUT2D eigenvalue weighted by Gasteiger charge is -2.34. The Balaban J connectivity index is 2.09. The Kier molecular flexibility index (Phi) is 11.3. The van der Waals surface area contributed by atoms with Crippen molar-refractivity contribution in [3.8, 4) is 5.75 Å². The van der Waals surface area contributed by atoms with E-state index in [4.69, 9.17) is 4.74 Å². The summed E-state index contributed by atoms with van der Waals surface area (Å²) in [7, 11) is -3.96. The molecule has 0 aliphatic heterocycles. The van der Waals surface area contributed by atoms with Crippen molar-refractivity contribution >= 4 is 27.5 Å². The number of ether oxygens (including phenoxy) is 1. The zero-order chi connectivity index (χ0) is 30.0. The predicted molar refractivity (Wildman–Crippen MR) is 159 cm³/mol. The van der Waals surface area contributed by atoms with E-state index in [1.807, 2.05) is 44.2 Å². The van der Waals surface area contributed by atoms with Crippen LogP contribution in [0.15, 0.2) is 78.9 Å². The molecule has 0 spiro atoms. The van der Waals surface area contributed by atoms with Gasteiger partial charge in [0.15, 0.2) is 0 Å². The number of carbonyl (C=O) groups is 2. The van der Waals surface area contributed by atoms with Crippen molar-refractivity contribution in [3.05, 3.63) is 95.8 Å². The SMILES string of the molecule is CCOc1ccccc1N(CC(=O)N(Cc1ccccc1F)[C@@H](Cc1ccccc1)C(=O)N[C@H](C)CC)S(C)(=O)=O. The van der Waals surface area contributed by atoms with Crippen molar-refractivity contribution in [3.63, 3.8) is 0 Å². The summed E-state index contributed by atoms with van der Waals surface area (Å²) in [6.45, 7) is 5.00. The van der Waals surface area contributed by atoms with Crippen molar-refractivity contribution in [2.75, 3.05) is 23.7 Å². The predicted octanol–water partition coefficient (Wildman–Crippen LogP) is 4.55. The van der Waals surface area contributed by atoms with Gasteiger partial charge in [0.1, 0.15) is 24.2 Å². The molecule has 0 saturated carbocycles. The van der Waals surface area contributed by atoms with E-state index in [2.05, 4.69) is 5.32 Å². The maximum Gasteiger partial charge on any atom is 0.244 e. The molecule has 0 aromatic heterocycles. The minimum Gasteiger partial charge on any atom is -0.492 e. The zero-order valence-electron chi connectivity index (χ0n) is 23.9. The van der Waals surface area contributed by atoms with Crippen LogP contribution in [0.5, 0.6) is 5.75 Å². The Morgan fingerprint density at radius 3 is 2.22 bits per heavy atom. The highest BCUT2D eigenvalue weighted by molar-refractivity contribution is 7.92. The van der Waals surface area contributed by atoms with Crippen LogP contribution in [0.25, 0.3) is 0 Å². The maximum atomic E-state index is 14.9. The third-order valence-electron chi connectivity index (χ3n) is 6.68.